The SMILES string of the molecule is CC(C)(C(=O)Nc1ccnc(C(=O)O)c1)c1ccccc1. The molecule has 0 atom stereocenters. The van der Waals surface area contributed by atoms with Gasteiger partial charge in [0.1, 0.15) is 5.69 Å². The van der Waals surface area contributed by atoms with Crippen LogP contribution in [0.4, 0.5) is 5.69 Å². The van der Waals surface area contributed by atoms with Gasteiger partial charge in [-0.2, -0.15) is 0 Å². The number of aromatic nitrogens is 1. The molecule has 2 aromatic rings. The summed E-state index contributed by atoms with van der Waals surface area (Å²) in [5.74, 6) is -1.34. The molecule has 1 heterocycles. The highest BCUT2D eigenvalue weighted by Crippen LogP contribution is 2.24. The number of carbonyl (C=O) groups excluding carboxylic acids is 1. The first-order valence-corrected chi connectivity index (χ1v) is 6.47. The number of rotatable bonds is 4. The van der Waals surface area contributed by atoms with Gasteiger partial charge in [0.2, 0.25) is 5.91 Å². The fraction of sp³-hybridized carbons (Fsp3) is 0.188. The molecule has 2 N–H and O–H groups in total. The minimum Gasteiger partial charge on any atom is -0.477 e. The number of carbonyl (C=O) groups is 2. The van der Waals surface area contributed by atoms with Crippen LogP contribution in [0.1, 0.15) is 29.9 Å². The fourth-order valence-corrected chi connectivity index (χ4v) is 1.90. The van der Waals surface area contributed by atoms with Gasteiger partial charge in [0.05, 0.1) is 5.41 Å². The zero-order valence-corrected chi connectivity index (χ0v) is 11.8. The highest BCUT2D eigenvalue weighted by Gasteiger charge is 2.29. The van der Waals surface area contributed by atoms with E-state index in [1.165, 1.54) is 12.3 Å². The lowest BCUT2D eigenvalue weighted by Gasteiger charge is -2.24. The van der Waals surface area contributed by atoms with Gasteiger partial charge in [-0.1, -0.05) is 30.3 Å². The third-order valence-electron chi connectivity index (χ3n) is 3.30. The number of hydrogen-bond donors (Lipinski definition) is 2. The third-order valence-corrected chi connectivity index (χ3v) is 3.30. The van der Waals surface area contributed by atoms with Crippen molar-refractivity contribution in [3.63, 3.8) is 0 Å². The lowest BCUT2D eigenvalue weighted by Crippen LogP contribution is -2.34. The summed E-state index contributed by atoms with van der Waals surface area (Å²) < 4.78 is 0. The Morgan fingerprint density at radius 3 is 2.43 bits per heavy atom. The minimum absolute atomic E-state index is 0.106. The lowest BCUT2D eigenvalue weighted by molar-refractivity contribution is -0.120. The van der Waals surface area contributed by atoms with Crippen molar-refractivity contribution in [3.8, 4) is 0 Å². The van der Waals surface area contributed by atoms with Crippen molar-refractivity contribution in [1.29, 1.82) is 0 Å². The van der Waals surface area contributed by atoms with Gasteiger partial charge in [-0.25, -0.2) is 9.78 Å². The second-order valence-electron chi connectivity index (χ2n) is 5.18. The first-order valence-electron chi connectivity index (χ1n) is 6.47. The van der Waals surface area contributed by atoms with E-state index in [9.17, 15) is 9.59 Å². The lowest BCUT2D eigenvalue weighted by atomic mass is 9.83. The Balaban J connectivity index is 2.21. The molecule has 1 aromatic heterocycles. The normalized spacial score (nSPS) is 11.0. The third kappa shape index (κ3) is 3.25. The van der Waals surface area contributed by atoms with E-state index in [0.29, 0.717) is 5.69 Å². The number of anilines is 1. The van der Waals surface area contributed by atoms with Crippen LogP contribution >= 0.6 is 0 Å². The van der Waals surface area contributed by atoms with Gasteiger partial charge in [0, 0.05) is 11.9 Å². The Labute approximate surface area is 122 Å². The summed E-state index contributed by atoms with van der Waals surface area (Å²) in [4.78, 5) is 27.0. The minimum atomic E-state index is -1.13. The Morgan fingerprint density at radius 1 is 1.14 bits per heavy atom. The van der Waals surface area contributed by atoms with Crippen LogP contribution in [0.25, 0.3) is 0 Å². The average molecular weight is 284 g/mol. The number of nitrogens with zero attached hydrogens (tertiary/aromatic N) is 1. The molecule has 1 aromatic carbocycles. The van der Waals surface area contributed by atoms with Gasteiger partial charge >= 0.3 is 5.97 Å². The maximum absolute atomic E-state index is 12.4. The van der Waals surface area contributed by atoms with Crippen molar-refractivity contribution in [2.24, 2.45) is 0 Å². The molecule has 0 saturated heterocycles. The van der Waals surface area contributed by atoms with E-state index in [0.717, 1.165) is 5.56 Å². The van der Waals surface area contributed by atoms with Gasteiger partial charge < -0.3 is 10.4 Å². The van der Waals surface area contributed by atoms with Crippen LogP contribution in [0.5, 0.6) is 0 Å². The quantitative estimate of drug-likeness (QED) is 0.904. The van der Waals surface area contributed by atoms with Crippen LogP contribution in [-0.2, 0) is 10.2 Å². The molecule has 5 heteroatoms. The van der Waals surface area contributed by atoms with E-state index < -0.39 is 11.4 Å². The number of benzene rings is 1. The molecule has 5 nitrogen and oxygen atoms in total. The molecule has 21 heavy (non-hydrogen) atoms. The van der Waals surface area contributed by atoms with E-state index in [1.807, 2.05) is 44.2 Å². The van der Waals surface area contributed by atoms with Crippen molar-refractivity contribution in [3.05, 3.63) is 59.9 Å². The molecular formula is C16H16N2O3. The Morgan fingerprint density at radius 2 is 1.81 bits per heavy atom. The number of carboxylic acid groups (broad SMARTS) is 1. The molecule has 0 radical (unpaired) electrons. The molecule has 0 aliphatic rings. The van der Waals surface area contributed by atoms with E-state index in [2.05, 4.69) is 10.3 Å². The number of carboxylic acids is 1. The second-order valence-corrected chi connectivity index (χ2v) is 5.18. The van der Waals surface area contributed by atoms with Crippen molar-refractivity contribution in [2.45, 2.75) is 19.3 Å². The summed E-state index contributed by atoms with van der Waals surface area (Å²) in [6.45, 7) is 3.63. The van der Waals surface area contributed by atoms with Gasteiger partial charge in [-0.3, -0.25) is 4.79 Å². The summed E-state index contributed by atoms with van der Waals surface area (Å²) in [7, 11) is 0. The average Bonchev–Trinajstić information content (AvgIpc) is 2.48. The van der Waals surface area contributed by atoms with E-state index >= 15 is 0 Å². The highest BCUT2D eigenvalue weighted by molar-refractivity contribution is 5.99. The number of nitrogens with one attached hydrogen (secondary N) is 1. The van der Waals surface area contributed by atoms with Crippen LogP contribution in [0.15, 0.2) is 48.7 Å². The van der Waals surface area contributed by atoms with Crippen molar-refractivity contribution in [1.82, 2.24) is 4.98 Å². The van der Waals surface area contributed by atoms with Crippen molar-refractivity contribution >= 4 is 17.6 Å². The van der Waals surface area contributed by atoms with E-state index in [4.69, 9.17) is 5.11 Å². The van der Waals surface area contributed by atoms with E-state index in [1.54, 1.807) is 6.07 Å². The monoisotopic (exact) mass is 284 g/mol. The molecular weight excluding hydrogens is 268 g/mol. The summed E-state index contributed by atoms with van der Waals surface area (Å²) in [5, 5.41) is 11.6. The molecule has 108 valence electrons. The molecule has 0 spiro atoms. The van der Waals surface area contributed by atoms with E-state index in [-0.39, 0.29) is 11.6 Å². The highest BCUT2D eigenvalue weighted by atomic mass is 16.4. The van der Waals surface area contributed by atoms with Gasteiger partial charge in [0.25, 0.3) is 0 Å². The predicted molar refractivity (Wildman–Crippen MR) is 79.3 cm³/mol. The topological polar surface area (TPSA) is 79.3 Å². The molecule has 0 aliphatic heterocycles. The Bertz CT molecular complexity index is 666. The van der Waals surface area contributed by atoms with Crippen molar-refractivity contribution in [2.75, 3.05) is 5.32 Å². The maximum atomic E-state index is 12.4. The first-order chi connectivity index (χ1) is 9.91. The Hall–Kier alpha value is -2.69. The molecule has 0 saturated carbocycles. The maximum Gasteiger partial charge on any atom is 0.354 e. The number of amides is 1. The van der Waals surface area contributed by atoms with Crippen molar-refractivity contribution < 1.29 is 14.7 Å². The summed E-state index contributed by atoms with van der Waals surface area (Å²) >= 11 is 0. The fourth-order valence-electron chi connectivity index (χ4n) is 1.90. The molecule has 0 fully saturated rings. The Kier molecular flexibility index (Phi) is 4.03. The van der Waals surface area contributed by atoms with Crippen LogP contribution < -0.4 is 5.32 Å². The molecule has 1 amide bonds. The predicted octanol–water partition coefficient (Wildman–Crippen LogP) is 2.70. The number of pyridine rings is 1. The molecule has 0 bridgehead atoms. The summed E-state index contributed by atoms with van der Waals surface area (Å²) in [6.07, 6.45) is 1.36. The van der Waals surface area contributed by atoms with Crippen LogP contribution in [0.2, 0.25) is 0 Å². The zero-order valence-electron chi connectivity index (χ0n) is 11.8. The van der Waals surface area contributed by atoms with Gasteiger partial charge in [-0.05, 0) is 31.5 Å². The molecule has 0 aliphatic carbocycles. The number of aromatic carboxylic acids is 1. The molecule has 0 unspecified atom stereocenters. The largest absolute Gasteiger partial charge is 0.477 e. The van der Waals surface area contributed by atoms with Crippen LogP contribution in [0.3, 0.4) is 0 Å². The summed E-state index contributed by atoms with van der Waals surface area (Å²) in [5.41, 5.74) is 0.463. The van der Waals surface area contributed by atoms with Gasteiger partial charge in [0.15, 0.2) is 0 Å². The first kappa shape index (κ1) is 14.7. The standard InChI is InChI=1S/C16H16N2O3/c1-16(2,11-6-4-3-5-7-11)15(21)18-12-8-9-17-13(10-12)14(19)20/h3-10H,1-2H3,(H,19,20)(H,17,18,21). The zero-order chi connectivity index (χ0) is 15.5. The second kappa shape index (κ2) is 5.75. The summed E-state index contributed by atoms with van der Waals surface area (Å²) in [6, 6.07) is 12.3. The smallest absolute Gasteiger partial charge is 0.354 e. The van der Waals surface area contributed by atoms with Crippen LogP contribution in [-0.4, -0.2) is 22.0 Å². The molecule has 2 rings (SSSR count). The van der Waals surface area contributed by atoms with Crippen LogP contribution in [0, 0.1) is 0 Å². The van der Waals surface area contributed by atoms with Gasteiger partial charge in [-0.15, -0.1) is 0 Å². The number of hydrogen-bond acceptors (Lipinski definition) is 3.